The molecule has 0 aliphatic heterocycles. The van der Waals surface area contributed by atoms with Crippen LogP contribution in [0, 0.1) is 0 Å². The molecule has 0 radical (unpaired) electrons. The Hall–Kier alpha value is -1.95. The zero-order valence-corrected chi connectivity index (χ0v) is 10.6. The van der Waals surface area contributed by atoms with Crippen LogP contribution in [-0.2, 0) is 0 Å². The van der Waals surface area contributed by atoms with Crippen molar-refractivity contribution in [3.63, 3.8) is 0 Å². The van der Waals surface area contributed by atoms with E-state index in [-0.39, 0.29) is 11.6 Å². The SMILES string of the molecule is C[C@@H](c1cn2nc(C(N)=O)ccc2n1)C(C)(C)O. The lowest BCUT2D eigenvalue weighted by Gasteiger charge is -2.23. The van der Waals surface area contributed by atoms with Gasteiger partial charge in [-0.05, 0) is 26.0 Å². The number of imidazole rings is 1. The Morgan fingerprint density at radius 1 is 1.50 bits per heavy atom. The van der Waals surface area contributed by atoms with Crippen LogP contribution in [0.2, 0.25) is 0 Å². The van der Waals surface area contributed by atoms with Crippen LogP contribution in [0.15, 0.2) is 18.3 Å². The molecule has 0 unspecified atom stereocenters. The van der Waals surface area contributed by atoms with Crippen LogP contribution in [0.1, 0.15) is 42.9 Å². The molecule has 18 heavy (non-hydrogen) atoms. The van der Waals surface area contributed by atoms with E-state index in [2.05, 4.69) is 10.1 Å². The fraction of sp³-hybridized carbons (Fsp3) is 0.417. The molecule has 2 rings (SSSR count). The molecule has 3 N–H and O–H groups in total. The molecule has 0 aliphatic carbocycles. The Labute approximate surface area is 104 Å². The Morgan fingerprint density at radius 2 is 2.17 bits per heavy atom. The van der Waals surface area contributed by atoms with Gasteiger partial charge in [0.25, 0.3) is 5.91 Å². The lowest BCUT2D eigenvalue weighted by atomic mass is 9.90. The zero-order chi connectivity index (χ0) is 13.5. The molecule has 0 saturated heterocycles. The predicted octanol–water partition coefficient (Wildman–Crippen LogP) is 0.703. The molecule has 0 aliphatic rings. The molecule has 6 nitrogen and oxygen atoms in total. The van der Waals surface area contributed by atoms with Crippen molar-refractivity contribution in [2.24, 2.45) is 5.73 Å². The first-order valence-corrected chi connectivity index (χ1v) is 5.67. The number of nitrogens with two attached hydrogens (primary N) is 1. The quantitative estimate of drug-likeness (QED) is 0.836. The molecule has 1 atom stereocenters. The highest BCUT2D eigenvalue weighted by atomic mass is 16.3. The van der Waals surface area contributed by atoms with E-state index in [0.29, 0.717) is 5.65 Å². The number of nitrogens with zero attached hydrogens (tertiary/aromatic N) is 3. The summed E-state index contributed by atoms with van der Waals surface area (Å²) in [7, 11) is 0. The Bertz CT molecular complexity index is 598. The molecule has 0 saturated carbocycles. The van der Waals surface area contributed by atoms with Gasteiger partial charge in [-0.1, -0.05) is 6.92 Å². The van der Waals surface area contributed by atoms with E-state index in [1.807, 2.05) is 6.92 Å². The fourth-order valence-corrected chi connectivity index (χ4v) is 1.60. The smallest absolute Gasteiger partial charge is 0.269 e. The highest BCUT2D eigenvalue weighted by molar-refractivity contribution is 5.90. The van der Waals surface area contributed by atoms with Crippen molar-refractivity contribution >= 4 is 11.6 Å². The lowest BCUT2D eigenvalue weighted by molar-refractivity contribution is 0.0547. The molecule has 1 amide bonds. The van der Waals surface area contributed by atoms with Crippen molar-refractivity contribution in [1.29, 1.82) is 0 Å². The molecule has 0 spiro atoms. The second-order valence-corrected chi connectivity index (χ2v) is 4.93. The van der Waals surface area contributed by atoms with Crippen LogP contribution in [0.3, 0.4) is 0 Å². The van der Waals surface area contributed by atoms with Gasteiger partial charge in [0, 0.05) is 5.92 Å². The number of aromatic nitrogens is 3. The second-order valence-electron chi connectivity index (χ2n) is 4.93. The molecule has 0 bridgehead atoms. The van der Waals surface area contributed by atoms with E-state index < -0.39 is 11.5 Å². The average Bonchev–Trinajstić information content (AvgIpc) is 2.68. The van der Waals surface area contributed by atoms with E-state index in [1.165, 1.54) is 10.6 Å². The van der Waals surface area contributed by atoms with Gasteiger partial charge in [0.2, 0.25) is 0 Å². The van der Waals surface area contributed by atoms with Crippen LogP contribution >= 0.6 is 0 Å². The summed E-state index contributed by atoms with van der Waals surface area (Å²) in [6, 6.07) is 3.21. The first-order chi connectivity index (χ1) is 8.29. The van der Waals surface area contributed by atoms with E-state index in [0.717, 1.165) is 5.69 Å². The zero-order valence-electron chi connectivity index (χ0n) is 10.6. The highest BCUT2D eigenvalue weighted by Gasteiger charge is 2.26. The summed E-state index contributed by atoms with van der Waals surface area (Å²) in [5.74, 6) is -0.723. The number of carbonyl (C=O) groups is 1. The average molecular weight is 248 g/mol. The van der Waals surface area contributed by atoms with E-state index in [1.54, 1.807) is 26.1 Å². The molecule has 2 aromatic heterocycles. The summed E-state index contributed by atoms with van der Waals surface area (Å²) in [4.78, 5) is 15.4. The minimum atomic E-state index is -0.871. The Balaban J connectivity index is 2.48. The van der Waals surface area contributed by atoms with Gasteiger partial charge in [0.1, 0.15) is 5.69 Å². The number of primary amides is 1. The van der Waals surface area contributed by atoms with Gasteiger partial charge in [0.05, 0.1) is 17.5 Å². The van der Waals surface area contributed by atoms with E-state index in [9.17, 15) is 9.90 Å². The van der Waals surface area contributed by atoms with Gasteiger partial charge in [0.15, 0.2) is 5.65 Å². The first-order valence-electron chi connectivity index (χ1n) is 5.67. The molecule has 96 valence electrons. The van der Waals surface area contributed by atoms with Crippen molar-refractivity contribution in [1.82, 2.24) is 14.6 Å². The number of hydrogen-bond donors (Lipinski definition) is 2. The second kappa shape index (κ2) is 4.06. The lowest BCUT2D eigenvalue weighted by Crippen LogP contribution is -2.26. The number of rotatable bonds is 3. The van der Waals surface area contributed by atoms with Crippen LogP contribution in [0.25, 0.3) is 5.65 Å². The van der Waals surface area contributed by atoms with Gasteiger partial charge in [-0.25, -0.2) is 9.50 Å². The third-order valence-corrected chi connectivity index (χ3v) is 3.09. The molecule has 2 aromatic rings. The topological polar surface area (TPSA) is 93.5 Å². The molecule has 0 aromatic carbocycles. The summed E-state index contributed by atoms with van der Waals surface area (Å²) in [6.45, 7) is 5.34. The van der Waals surface area contributed by atoms with Crippen molar-refractivity contribution < 1.29 is 9.90 Å². The number of amides is 1. The van der Waals surface area contributed by atoms with Crippen LogP contribution in [0.5, 0.6) is 0 Å². The summed E-state index contributed by atoms with van der Waals surface area (Å²) >= 11 is 0. The van der Waals surface area contributed by atoms with Gasteiger partial charge < -0.3 is 10.8 Å². The maximum Gasteiger partial charge on any atom is 0.269 e. The summed E-state index contributed by atoms with van der Waals surface area (Å²) in [6.07, 6.45) is 1.70. The normalized spacial score (nSPS) is 13.8. The maximum atomic E-state index is 11.0. The molecule has 0 fully saturated rings. The largest absolute Gasteiger partial charge is 0.390 e. The number of carbonyl (C=O) groups excluding carboxylic acids is 1. The fourth-order valence-electron chi connectivity index (χ4n) is 1.60. The summed E-state index contributed by atoms with van der Waals surface area (Å²) in [5, 5.41) is 14.0. The summed E-state index contributed by atoms with van der Waals surface area (Å²) in [5.41, 5.74) is 5.81. The number of aliphatic hydroxyl groups is 1. The van der Waals surface area contributed by atoms with Gasteiger partial charge in [-0.15, -0.1) is 0 Å². The van der Waals surface area contributed by atoms with E-state index in [4.69, 9.17) is 5.73 Å². The molecule has 6 heteroatoms. The van der Waals surface area contributed by atoms with Crippen molar-refractivity contribution in [2.45, 2.75) is 32.3 Å². The molecular formula is C12H16N4O2. The first kappa shape index (κ1) is 12.5. The summed E-state index contributed by atoms with van der Waals surface area (Å²) < 4.78 is 1.50. The molecule has 2 heterocycles. The minimum absolute atomic E-state index is 0.142. The van der Waals surface area contributed by atoms with Gasteiger partial charge >= 0.3 is 0 Å². The third-order valence-electron chi connectivity index (χ3n) is 3.09. The third kappa shape index (κ3) is 2.19. The predicted molar refractivity (Wildman–Crippen MR) is 66.2 cm³/mol. The van der Waals surface area contributed by atoms with Crippen LogP contribution in [-0.4, -0.2) is 31.2 Å². The van der Waals surface area contributed by atoms with Crippen LogP contribution in [0.4, 0.5) is 0 Å². The molecular weight excluding hydrogens is 232 g/mol. The van der Waals surface area contributed by atoms with E-state index >= 15 is 0 Å². The minimum Gasteiger partial charge on any atom is -0.390 e. The maximum absolute atomic E-state index is 11.0. The van der Waals surface area contributed by atoms with Gasteiger partial charge in [-0.3, -0.25) is 4.79 Å². The highest BCUT2D eigenvalue weighted by Crippen LogP contribution is 2.26. The van der Waals surface area contributed by atoms with Gasteiger partial charge in [-0.2, -0.15) is 5.10 Å². The standard InChI is InChI=1S/C12H16N4O2/c1-7(12(2,3)18)9-6-16-10(14-9)5-4-8(15-16)11(13)17/h4-7,18H,1-3H3,(H2,13,17)/t7-/m0/s1. The monoisotopic (exact) mass is 248 g/mol. The Kier molecular flexibility index (Phi) is 2.82. The Morgan fingerprint density at radius 3 is 2.72 bits per heavy atom. The van der Waals surface area contributed by atoms with Crippen molar-refractivity contribution in [3.05, 3.63) is 29.7 Å². The van der Waals surface area contributed by atoms with Crippen molar-refractivity contribution in [3.8, 4) is 0 Å². The number of hydrogen-bond acceptors (Lipinski definition) is 4. The van der Waals surface area contributed by atoms with Crippen LogP contribution < -0.4 is 5.73 Å². The number of fused-ring (bicyclic) bond motifs is 1. The van der Waals surface area contributed by atoms with Crippen molar-refractivity contribution in [2.75, 3.05) is 0 Å².